The summed E-state index contributed by atoms with van der Waals surface area (Å²) in [7, 11) is -1.47. The van der Waals surface area contributed by atoms with Crippen molar-refractivity contribution >= 4 is 21.6 Å². The van der Waals surface area contributed by atoms with Gasteiger partial charge in [-0.15, -0.1) is 0 Å². The largest absolute Gasteiger partial charge is 0.497 e. The summed E-state index contributed by atoms with van der Waals surface area (Å²) in [5.41, 5.74) is 0.841. The van der Waals surface area contributed by atoms with Crippen LogP contribution >= 0.6 is 0 Å². The summed E-state index contributed by atoms with van der Waals surface area (Å²) in [4.78, 5) is 22.9. The van der Waals surface area contributed by atoms with Gasteiger partial charge in [0.25, 0.3) is 21.6 Å². The first-order chi connectivity index (χ1) is 14.7. The van der Waals surface area contributed by atoms with E-state index in [4.69, 9.17) is 9.47 Å². The summed E-state index contributed by atoms with van der Waals surface area (Å²) in [6.07, 6.45) is 1.73. The smallest absolute Gasteiger partial charge is 0.289 e. The molecule has 0 bridgehead atoms. The molecule has 1 aliphatic rings. The Morgan fingerprint density at radius 2 is 1.74 bits per heavy atom. The second kappa shape index (κ2) is 8.76. The van der Waals surface area contributed by atoms with Crippen molar-refractivity contribution in [3.8, 4) is 11.5 Å². The zero-order valence-corrected chi connectivity index (χ0v) is 18.1. The number of nitro groups is 1. The van der Waals surface area contributed by atoms with Gasteiger partial charge in [0, 0.05) is 18.2 Å². The molecule has 0 spiro atoms. The Labute approximate surface area is 180 Å². The zero-order chi connectivity index (χ0) is 22.8. The third kappa shape index (κ3) is 4.53. The first kappa shape index (κ1) is 22.3. The molecule has 0 saturated carbocycles. The van der Waals surface area contributed by atoms with Crippen LogP contribution in [0, 0.1) is 10.1 Å². The van der Waals surface area contributed by atoms with Crippen LogP contribution in [0.5, 0.6) is 11.5 Å². The van der Waals surface area contributed by atoms with Gasteiger partial charge in [-0.05, 0) is 43.5 Å². The van der Waals surface area contributed by atoms with Crippen molar-refractivity contribution < 1.29 is 27.6 Å². The summed E-state index contributed by atoms with van der Waals surface area (Å²) in [6, 6.07) is 9.38. The molecule has 1 unspecified atom stereocenters. The van der Waals surface area contributed by atoms with Crippen LogP contribution in [0.1, 0.15) is 18.9 Å². The van der Waals surface area contributed by atoms with Crippen molar-refractivity contribution in [3.05, 3.63) is 69.8 Å². The third-order valence-corrected chi connectivity index (χ3v) is 6.85. The Balaban J connectivity index is 2.07. The molecule has 10 heteroatoms. The van der Waals surface area contributed by atoms with Crippen LogP contribution in [-0.4, -0.2) is 43.8 Å². The number of para-hydroxylation sites is 1. The lowest BCUT2D eigenvalue weighted by Gasteiger charge is -2.33. The quantitative estimate of drug-likeness (QED) is 0.474. The number of nitrogens with zero attached hydrogens (tertiary/aromatic N) is 2. The van der Waals surface area contributed by atoms with E-state index in [9.17, 15) is 23.3 Å². The van der Waals surface area contributed by atoms with Gasteiger partial charge in [0.1, 0.15) is 11.5 Å². The van der Waals surface area contributed by atoms with E-state index >= 15 is 0 Å². The van der Waals surface area contributed by atoms with E-state index in [1.165, 1.54) is 32.4 Å². The number of hydrogen-bond donors (Lipinski definition) is 0. The molecule has 0 radical (unpaired) electrons. The number of rotatable bonds is 7. The molecule has 0 saturated heterocycles. The number of benzene rings is 2. The van der Waals surface area contributed by atoms with Gasteiger partial charge < -0.3 is 9.47 Å². The highest BCUT2D eigenvalue weighted by Gasteiger charge is 2.40. The van der Waals surface area contributed by atoms with Gasteiger partial charge in [0.05, 0.1) is 25.2 Å². The average Bonchev–Trinajstić information content (AvgIpc) is 2.72. The van der Waals surface area contributed by atoms with Gasteiger partial charge in [-0.3, -0.25) is 14.9 Å². The highest BCUT2D eigenvalue weighted by molar-refractivity contribution is 7.89. The third-order valence-electron chi connectivity index (χ3n) is 4.96. The van der Waals surface area contributed by atoms with Crippen LogP contribution in [0.15, 0.2) is 59.0 Å². The zero-order valence-electron chi connectivity index (χ0n) is 17.3. The number of nitro benzene ring substituents is 1. The van der Waals surface area contributed by atoms with Crippen LogP contribution in [0.3, 0.4) is 0 Å². The lowest BCUT2D eigenvalue weighted by atomic mass is 9.96. The van der Waals surface area contributed by atoms with E-state index in [0.29, 0.717) is 23.5 Å². The van der Waals surface area contributed by atoms with Crippen molar-refractivity contribution in [3.63, 3.8) is 0 Å². The maximum Gasteiger partial charge on any atom is 0.289 e. The molecule has 1 aliphatic heterocycles. The number of ether oxygens (including phenoxy) is 2. The maximum atomic E-state index is 13.4. The Morgan fingerprint density at radius 1 is 1.13 bits per heavy atom. The topological polar surface area (TPSA) is 116 Å². The number of methoxy groups -OCH3 is 2. The highest BCUT2D eigenvalue weighted by atomic mass is 32.2. The van der Waals surface area contributed by atoms with Crippen molar-refractivity contribution in [2.24, 2.45) is 0 Å². The number of hydrogen-bond acceptors (Lipinski definition) is 7. The van der Waals surface area contributed by atoms with Crippen molar-refractivity contribution in [2.45, 2.75) is 30.7 Å². The fraction of sp³-hybridized carbons (Fsp3) is 0.286. The normalized spacial score (nSPS) is 16.6. The van der Waals surface area contributed by atoms with Crippen LogP contribution in [0.4, 0.5) is 5.69 Å². The van der Waals surface area contributed by atoms with E-state index in [1.54, 1.807) is 25.1 Å². The summed E-state index contributed by atoms with van der Waals surface area (Å²) in [5, 5.41) is 11.4. The van der Waals surface area contributed by atoms with Gasteiger partial charge in [-0.2, -0.15) is 0 Å². The number of carbonyl (C=O) groups excluding carboxylic acids is 1. The molecule has 2 aromatic rings. The monoisotopic (exact) mass is 446 g/mol. The molecule has 3 rings (SSSR count). The van der Waals surface area contributed by atoms with Gasteiger partial charge in [-0.1, -0.05) is 17.7 Å². The second-order valence-corrected chi connectivity index (χ2v) is 8.92. The van der Waals surface area contributed by atoms with Crippen LogP contribution in [0.2, 0.25) is 0 Å². The predicted octanol–water partition coefficient (Wildman–Crippen LogP) is 3.09. The molecule has 1 heterocycles. The van der Waals surface area contributed by atoms with Gasteiger partial charge in [0.2, 0.25) is 0 Å². The number of carbonyl (C=O) groups is 1. The summed E-state index contributed by atoms with van der Waals surface area (Å²) in [6.45, 7) is 1.74. The molecule has 31 heavy (non-hydrogen) atoms. The molecule has 0 N–H and O–H groups in total. The average molecular weight is 446 g/mol. The minimum absolute atomic E-state index is 0.185. The molecule has 2 aromatic carbocycles. The van der Waals surface area contributed by atoms with E-state index in [1.807, 2.05) is 0 Å². The standard InChI is InChI=1S/C21H22N2O7S/c1-14-8-16(10-15-11-17(29-2)13-18(12-15)30-3)22(21(24)9-14)31(27,28)20-7-5-4-6-19(20)23(25)26/h4-7,9,11-13,16H,8,10H2,1-3H3. The van der Waals surface area contributed by atoms with Crippen molar-refractivity contribution in [2.75, 3.05) is 14.2 Å². The lowest BCUT2D eigenvalue weighted by molar-refractivity contribution is -0.387. The molecule has 9 nitrogen and oxygen atoms in total. The molecular weight excluding hydrogens is 424 g/mol. The molecule has 0 aromatic heterocycles. The van der Waals surface area contributed by atoms with Crippen LogP contribution in [-0.2, 0) is 21.2 Å². The van der Waals surface area contributed by atoms with Crippen LogP contribution < -0.4 is 9.47 Å². The summed E-state index contributed by atoms with van der Waals surface area (Å²) < 4.78 is 38.1. The highest BCUT2D eigenvalue weighted by Crippen LogP contribution is 2.33. The second-order valence-electron chi connectivity index (χ2n) is 7.14. The number of sulfonamides is 1. The summed E-state index contributed by atoms with van der Waals surface area (Å²) >= 11 is 0. The number of amides is 1. The minimum atomic E-state index is -4.48. The van der Waals surface area contributed by atoms with E-state index in [2.05, 4.69) is 0 Å². The predicted molar refractivity (Wildman–Crippen MR) is 113 cm³/mol. The SMILES string of the molecule is COc1cc(CC2CC(C)=CC(=O)N2S(=O)(=O)c2ccccc2[N+](=O)[O-])cc(OC)c1. The fourth-order valence-corrected chi connectivity index (χ4v) is 5.33. The van der Waals surface area contributed by atoms with E-state index in [-0.39, 0.29) is 6.42 Å². The molecule has 0 fully saturated rings. The van der Waals surface area contributed by atoms with E-state index < -0.39 is 37.5 Å². The Hall–Kier alpha value is -3.40. The fourth-order valence-electron chi connectivity index (χ4n) is 3.63. The van der Waals surface area contributed by atoms with Gasteiger partial charge >= 0.3 is 0 Å². The van der Waals surface area contributed by atoms with Crippen molar-refractivity contribution in [1.82, 2.24) is 4.31 Å². The molecule has 0 aliphatic carbocycles. The lowest BCUT2D eigenvalue weighted by Crippen LogP contribution is -2.47. The molecule has 1 amide bonds. The summed E-state index contributed by atoms with van der Waals surface area (Å²) in [5.74, 6) is 0.315. The molecule has 1 atom stereocenters. The first-order valence-corrected chi connectivity index (χ1v) is 10.8. The Bertz CT molecular complexity index is 1140. The van der Waals surface area contributed by atoms with E-state index in [0.717, 1.165) is 22.0 Å². The Kier molecular flexibility index (Phi) is 6.30. The molecular formula is C21H22N2O7S. The maximum absolute atomic E-state index is 13.4. The first-order valence-electron chi connectivity index (χ1n) is 9.38. The molecule has 164 valence electrons. The van der Waals surface area contributed by atoms with Gasteiger partial charge in [0.15, 0.2) is 4.90 Å². The Morgan fingerprint density at radius 3 is 2.32 bits per heavy atom. The van der Waals surface area contributed by atoms with Gasteiger partial charge in [-0.25, -0.2) is 12.7 Å². The van der Waals surface area contributed by atoms with Crippen molar-refractivity contribution in [1.29, 1.82) is 0 Å². The van der Waals surface area contributed by atoms with Crippen LogP contribution in [0.25, 0.3) is 0 Å². The minimum Gasteiger partial charge on any atom is -0.497 e.